The second kappa shape index (κ2) is 7.12. The van der Waals surface area contributed by atoms with Gasteiger partial charge in [-0.05, 0) is 35.2 Å². The minimum Gasteiger partial charge on any atom is -0.370 e. The minimum absolute atomic E-state index is 0.771. The van der Waals surface area contributed by atoms with Gasteiger partial charge in [0.1, 0.15) is 11.6 Å². The lowest BCUT2D eigenvalue weighted by atomic mass is 10.4. The van der Waals surface area contributed by atoms with E-state index >= 15 is 0 Å². The maximum atomic E-state index is 4.45. The minimum atomic E-state index is 0.771. The third-order valence-corrected chi connectivity index (χ3v) is 4.56. The van der Waals surface area contributed by atoms with Crippen LogP contribution < -0.4 is 10.6 Å². The Morgan fingerprint density at radius 2 is 2.00 bits per heavy atom. The van der Waals surface area contributed by atoms with Crippen LogP contribution in [0.25, 0.3) is 0 Å². The number of nitrogens with one attached hydrogen (secondary N) is 2. The van der Waals surface area contributed by atoms with Crippen molar-refractivity contribution < 1.29 is 0 Å². The monoisotopic (exact) mass is 358 g/mol. The molecule has 0 fully saturated rings. The van der Waals surface area contributed by atoms with Crippen molar-refractivity contribution in [2.24, 2.45) is 0 Å². The summed E-state index contributed by atoms with van der Waals surface area (Å²) < 4.78 is 1.12. The van der Waals surface area contributed by atoms with Crippen LogP contribution in [0.1, 0.15) is 11.8 Å². The van der Waals surface area contributed by atoms with Crippen LogP contribution in [-0.2, 0) is 6.54 Å². The number of thiophene rings is 1. The van der Waals surface area contributed by atoms with E-state index in [-0.39, 0.29) is 0 Å². The first-order valence-electron chi connectivity index (χ1n) is 5.85. The average Bonchev–Trinajstić information content (AvgIpc) is 2.82. The molecule has 0 atom stereocenters. The molecule has 0 spiro atoms. The number of aromatic nitrogens is 2. The molecular weight excluding hydrogens is 344 g/mol. The van der Waals surface area contributed by atoms with Gasteiger partial charge in [-0.2, -0.15) is 0 Å². The number of thioether (sulfide) groups is 1. The van der Waals surface area contributed by atoms with Crippen molar-refractivity contribution in [3.05, 3.63) is 26.9 Å². The smallest absolute Gasteiger partial charge is 0.191 e. The van der Waals surface area contributed by atoms with E-state index in [1.807, 2.05) is 12.3 Å². The molecule has 2 N–H and O–H groups in total. The number of anilines is 2. The van der Waals surface area contributed by atoms with Crippen LogP contribution >= 0.6 is 39.0 Å². The molecule has 2 rings (SSSR count). The topological polar surface area (TPSA) is 49.8 Å². The van der Waals surface area contributed by atoms with Gasteiger partial charge in [0.05, 0.1) is 6.54 Å². The fraction of sp³-hybridized carbons (Fsp3) is 0.333. The lowest BCUT2D eigenvalue weighted by Gasteiger charge is -2.09. The summed E-state index contributed by atoms with van der Waals surface area (Å²) in [5.41, 5.74) is 0. The quantitative estimate of drug-likeness (QED) is 0.602. The largest absolute Gasteiger partial charge is 0.370 e. The molecule has 2 heterocycles. The van der Waals surface area contributed by atoms with E-state index in [0.717, 1.165) is 34.4 Å². The maximum absolute atomic E-state index is 4.45. The summed E-state index contributed by atoms with van der Waals surface area (Å²) >= 11 is 6.72. The molecule has 0 unspecified atom stereocenters. The fourth-order valence-electron chi connectivity index (χ4n) is 1.50. The molecule has 102 valence electrons. The van der Waals surface area contributed by atoms with Crippen LogP contribution in [-0.4, -0.2) is 22.8 Å². The lowest BCUT2D eigenvalue weighted by Crippen LogP contribution is -2.05. The zero-order valence-electron chi connectivity index (χ0n) is 10.7. The van der Waals surface area contributed by atoms with Crippen LogP contribution in [0.2, 0.25) is 0 Å². The Hall–Kier alpha value is -0.790. The van der Waals surface area contributed by atoms with Gasteiger partial charge < -0.3 is 10.6 Å². The summed E-state index contributed by atoms with van der Waals surface area (Å²) in [6.45, 7) is 3.67. The Morgan fingerprint density at radius 1 is 1.26 bits per heavy atom. The lowest BCUT2D eigenvalue weighted by molar-refractivity contribution is 0.952. The summed E-state index contributed by atoms with van der Waals surface area (Å²) in [6.07, 6.45) is 1.98. The molecule has 2 aromatic heterocycles. The Balaban J connectivity index is 2.08. The van der Waals surface area contributed by atoms with Crippen molar-refractivity contribution in [3.8, 4) is 0 Å². The number of rotatable bonds is 6. The standard InChI is InChI=1S/C12H15BrN4S2/c1-3-14-10-5-11(17-12(16-10)18-2)15-6-9-4-8(13)7-19-9/h4-5,7H,3,6H2,1-2H3,(H2,14,15,16,17). The summed E-state index contributed by atoms with van der Waals surface area (Å²) in [6, 6.07) is 4.05. The number of halogens is 1. The van der Waals surface area contributed by atoms with Crippen molar-refractivity contribution in [1.29, 1.82) is 0 Å². The molecular formula is C12H15BrN4S2. The first-order chi connectivity index (χ1) is 9.21. The highest BCUT2D eigenvalue weighted by atomic mass is 79.9. The summed E-state index contributed by atoms with van der Waals surface area (Å²) in [7, 11) is 0. The summed E-state index contributed by atoms with van der Waals surface area (Å²) in [5, 5.41) is 9.40. The molecule has 0 radical (unpaired) electrons. The van der Waals surface area contributed by atoms with Crippen LogP contribution in [0.4, 0.5) is 11.6 Å². The molecule has 0 bridgehead atoms. The summed E-state index contributed by atoms with van der Waals surface area (Å²) in [4.78, 5) is 10.1. The predicted molar refractivity (Wildman–Crippen MR) is 87.3 cm³/mol. The number of hydrogen-bond acceptors (Lipinski definition) is 6. The van der Waals surface area contributed by atoms with Gasteiger partial charge in [-0.25, -0.2) is 9.97 Å². The predicted octanol–water partition coefficient (Wildman–Crippen LogP) is 4.07. The Bertz CT molecular complexity index is 544. The molecule has 0 aliphatic heterocycles. The second-order valence-corrected chi connectivity index (χ2v) is 6.43. The van der Waals surface area contributed by atoms with E-state index in [1.54, 1.807) is 23.1 Å². The van der Waals surface area contributed by atoms with Gasteiger partial charge in [-0.1, -0.05) is 11.8 Å². The molecule has 0 saturated carbocycles. The van der Waals surface area contributed by atoms with Gasteiger partial charge >= 0.3 is 0 Å². The molecule has 19 heavy (non-hydrogen) atoms. The van der Waals surface area contributed by atoms with E-state index in [0.29, 0.717) is 0 Å². The zero-order valence-corrected chi connectivity index (χ0v) is 14.0. The van der Waals surface area contributed by atoms with E-state index in [9.17, 15) is 0 Å². The Kier molecular flexibility index (Phi) is 5.47. The first-order valence-corrected chi connectivity index (χ1v) is 8.74. The normalized spacial score (nSPS) is 10.5. The van der Waals surface area contributed by atoms with Gasteiger partial charge in [0.15, 0.2) is 5.16 Å². The van der Waals surface area contributed by atoms with Crippen LogP contribution in [0.5, 0.6) is 0 Å². The highest BCUT2D eigenvalue weighted by Gasteiger charge is 2.04. The average molecular weight is 359 g/mol. The van der Waals surface area contributed by atoms with Gasteiger partial charge in [0.25, 0.3) is 0 Å². The van der Waals surface area contributed by atoms with Crippen molar-refractivity contribution >= 4 is 50.7 Å². The fourth-order valence-corrected chi connectivity index (χ4v) is 3.27. The van der Waals surface area contributed by atoms with Crippen LogP contribution in [0.15, 0.2) is 27.1 Å². The maximum Gasteiger partial charge on any atom is 0.191 e. The molecule has 2 aromatic rings. The molecule has 4 nitrogen and oxygen atoms in total. The van der Waals surface area contributed by atoms with Crippen molar-refractivity contribution in [2.75, 3.05) is 23.4 Å². The van der Waals surface area contributed by atoms with Gasteiger partial charge in [0.2, 0.25) is 0 Å². The second-order valence-electron chi connectivity index (χ2n) is 3.74. The molecule has 0 aromatic carbocycles. The molecule has 0 aliphatic carbocycles. The Labute approximate surface area is 129 Å². The van der Waals surface area contributed by atoms with Crippen molar-refractivity contribution in [2.45, 2.75) is 18.6 Å². The molecule has 0 saturated heterocycles. The Morgan fingerprint density at radius 3 is 2.58 bits per heavy atom. The highest BCUT2D eigenvalue weighted by molar-refractivity contribution is 9.10. The highest BCUT2D eigenvalue weighted by Crippen LogP contribution is 2.22. The zero-order chi connectivity index (χ0) is 13.7. The van der Waals surface area contributed by atoms with E-state index in [1.165, 1.54) is 4.88 Å². The number of nitrogens with zero attached hydrogens (tertiary/aromatic N) is 2. The first kappa shape index (κ1) is 14.6. The number of hydrogen-bond donors (Lipinski definition) is 2. The van der Waals surface area contributed by atoms with Gasteiger partial charge in [0, 0.05) is 27.3 Å². The SMILES string of the molecule is CCNc1cc(NCc2cc(Br)cs2)nc(SC)n1. The summed E-state index contributed by atoms with van der Waals surface area (Å²) in [5.74, 6) is 1.71. The molecule has 7 heteroatoms. The molecule has 0 aliphatic rings. The van der Waals surface area contributed by atoms with E-state index in [2.05, 4.69) is 54.9 Å². The van der Waals surface area contributed by atoms with Crippen molar-refractivity contribution in [1.82, 2.24) is 9.97 Å². The van der Waals surface area contributed by atoms with Crippen molar-refractivity contribution in [3.63, 3.8) is 0 Å². The van der Waals surface area contributed by atoms with E-state index in [4.69, 9.17) is 0 Å². The van der Waals surface area contributed by atoms with Crippen LogP contribution in [0, 0.1) is 0 Å². The van der Waals surface area contributed by atoms with E-state index < -0.39 is 0 Å². The third kappa shape index (κ3) is 4.36. The third-order valence-electron chi connectivity index (χ3n) is 2.31. The van der Waals surface area contributed by atoms with Gasteiger partial charge in [-0.15, -0.1) is 11.3 Å². The van der Waals surface area contributed by atoms with Crippen LogP contribution in [0.3, 0.4) is 0 Å². The van der Waals surface area contributed by atoms with Gasteiger partial charge in [-0.3, -0.25) is 0 Å². The molecule has 0 amide bonds.